The number of amides is 1. The van der Waals surface area contributed by atoms with E-state index < -0.39 is 0 Å². The quantitative estimate of drug-likeness (QED) is 0.835. The number of rotatable bonds is 2. The van der Waals surface area contributed by atoms with Crippen LogP contribution in [-0.4, -0.2) is 26.1 Å². The van der Waals surface area contributed by atoms with E-state index >= 15 is 0 Å². The minimum atomic E-state index is -0.00259. The van der Waals surface area contributed by atoms with Crippen LogP contribution in [0, 0.1) is 5.92 Å². The van der Waals surface area contributed by atoms with Crippen LogP contribution in [0.25, 0.3) is 0 Å². The van der Waals surface area contributed by atoms with E-state index in [1.807, 2.05) is 18.2 Å². The van der Waals surface area contributed by atoms with Gasteiger partial charge in [-0.25, -0.2) is 0 Å². The van der Waals surface area contributed by atoms with Crippen molar-refractivity contribution in [3.63, 3.8) is 0 Å². The fourth-order valence-electron chi connectivity index (χ4n) is 3.04. The smallest absolute Gasteiger partial charge is 0.232 e. The highest BCUT2D eigenvalue weighted by Gasteiger charge is 2.37. The van der Waals surface area contributed by atoms with Gasteiger partial charge in [0.15, 0.2) is 0 Å². The maximum Gasteiger partial charge on any atom is 0.232 e. The summed E-state index contributed by atoms with van der Waals surface area (Å²) in [4.78, 5) is 12.2. The molecule has 0 aliphatic carbocycles. The number of anilines is 1. The molecule has 2 aliphatic heterocycles. The molecule has 0 radical (unpaired) electrons. The number of carbonyl (C=O) groups excluding carboxylic acids is 1. The van der Waals surface area contributed by atoms with Gasteiger partial charge in [-0.3, -0.25) is 4.79 Å². The molecule has 2 aliphatic rings. The Morgan fingerprint density at radius 2 is 2.06 bits per heavy atom. The Labute approximate surface area is 107 Å². The first kappa shape index (κ1) is 11.5. The van der Waals surface area contributed by atoms with Gasteiger partial charge >= 0.3 is 0 Å². The van der Waals surface area contributed by atoms with Crippen LogP contribution < -0.4 is 15.4 Å². The monoisotopic (exact) mass is 246 g/mol. The van der Waals surface area contributed by atoms with Crippen molar-refractivity contribution in [1.29, 1.82) is 0 Å². The largest absolute Gasteiger partial charge is 0.497 e. The summed E-state index contributed by atoms with van der Waals surface area (Å²) in [6.45, 7) is 2.02. The predicted octanol–water partition coefficient (Wildman–Crippen LogP) is 1.73. The first-order valence-electron chi connectivity index (χ1n) is 6.49. The Hall–Kier alpha value is -1.55. The van der Waals surface area contributed by atoms with Gasteiger partial charge in [-0.2, -0.15) is 0 Å². The molecule has 1 fully saturated rings. The molecule has 4 heteroatoms. The van der Waals surface area contributed by atoms with E-state index in [-0.39, 0.29) is 11.8 Å². The minimum absolute atomic E-state index is 0.00259. The molecule has 1 unspecified atom stereocenters. The Kier molecular flexibility index (Phi) is 2.96. The predicted molar refractivity (Wildman–Crippen MR) is 70.0 cm³/mol. The summed E-state index contributed by atoms with van der Waals surface area (Å²) in [5, 5.41) is 6.32. The van der Waals surface area contributed by atoms with Gasteiger partial charge in [0, 0.05) is 5.69 Å². The molecule has 18 heavy (non-hydrogen) atoms. The van der Waals surface area contributed by atoms with Crippen LogP contribution in [0.15, 0.2) is 18.2 Å². The number of nitrogens with one attached hydrogen (secondary N) is 2. The van der Waals surface area contributed by atoms with E-state index in [4.69, 9.17) is 4.74 Å². The van der Waals surface area contributed by atoms with Crippen LogP contribution in [-0.2, 0) is 4.79 Å². The summed E-state index contributed by atoms with van der Waals surface area (Å²) in [7, 11) is 1.66. The van der Waals surface area contributed by atoms with Crippen molar-refractivity contribution < 1.29 is 9.53 Å². The Balaban J connectivity index is 1.93. The fraction of sp³-hybridized carbons (Fsp3) is 0.500. The Bertz CT molecular complexity index is 467. The molecule has 3 rings (SSSR count). The number of carbonyl (C=O) groups is 1. The first-order chi connectivity index (χ1) is 8.79. The highest BCUT2D eigenvalue weighted by atomic mass is 16.5. The van der Waals surface area contributed by atoms with Crippen molar-refractivity contribution in [3.8, 4) is 5.75 Å². The standard InChI is InChI=1S/C14H18N2O2/c1-18-10-2-3-12-11(8-10)13(14(17)16-12)9-4-6-15-7-5-9/h2-3,8-9,13,15H,4-7H2,1H3,(H,16,17). The van der Waals surface area contributed by atoms with E-state index in [1.165, 1.54) is 0 Å². The molecule has 1 saturated heterocycles. The molecule has 0 spiro atoms. The molecule has 4 nitrogen and oxygen atoms in total. The van der Waals surface area contributed by atoms with Gasteiger partial charge in [0.25, 0.3) is 0 Å². The van der Waals surface area contributed by atoms with Gasteiger partial charge in [0.05, 0.1) is 13.0 Å². The van der Waals surface area contributed by atoms with Gasteiger partial charge in [-0.05, 0) is 55.6 Å². The maximum absolute atomic E-state index is 12.2. The van der Waals surface area contributed by atoms with Crippen molar-refractivity contribution in [2.24, 2.45) is 5.92 Å². The van der Waals surface area contributed by atoms with Gasteiger partial charge < -0.3 is 15.4 Å². The van der Waals surface area contributed by atoms with E-state index in [0.717, 1.165) is 42.9 Å². The Morgan fingerprint density at radius 3 is 2.78 bits per heavy atom. The summed E-state index contributed by atoms with van der Waals surface area (Å²) >= 11 is 0. The molecule has 0 saturated carbocycles. The number of piperidine rings is 1. The second-order valence-electron chi connectivity index (χ2n) is 5.01. The van der Waals surface area contributed by atoms with Crippen LogP contribution in [0.4, 0.5) is 5.69 Å². The lowest BCUT2D eigenvalue weighted by Crippen LogP contribution is -2.33. The van der Waals surface area contributed by atoms with E-state index in [1.54, 1.807) is 7.11 Å². The molecule has 1 atom stereocenters. The second-order valence-corrected chi connectivity index (χ2v) is 5.01. The molecule has 1 aromatic carbocycles. The first-order valence-corrected chi connectivity index (χ1v) is 6.49. The van der Waals surface area contributed by atoms with E-state index in [2.05, 4.69) is 10.6 Å². The van der Waals surface area contributed by atoms with Crippen molar-refractivity contribution >= 4 is 11.6 Å². The van der Waals surface area contributed by atoms with Crippen molar-refractivity contribution in [2.75, 3.05) is 25.5 Å². The zero-order valence-corrected chi connectivity index (χ0v) is 10.5. The average molecular weight is 246 g/mol. The van der Waals surface area contributed by atoms with E-state index in [0.29, 0.717) is 5.92 Å². The van der Waals surface area contributed by atoms with Crippen molar-refractivity contribution in [3.05, 3.63) is 23.8 Å². The summed E-state index contributed by atoms with van der Waals surface area (Å²) in [6, 6.07) is 5.83. The molecular formula is C14H18N2O2. The lowest BCUT2D eigenvalue weighted by Gasteiger charge is -2.27. The Morgan fingerprint density at radius 1 is 1.28 bits per heavy atom. The molecule has 2 heterocycles. The highest BCUT2D eigenvalue weighted by molar-refractivity contribution is 6.03. The number of hydrogen-bond acceptors (Lipinski definition) is 3. The molecular weight excluding hydrogens is 228 g/mol. The molecule has 1 aromatic rings. The van der Waals surface area contributed by atoms with Gasteiger partial charge in [0.1, 0.15) is 5.75 Å². The molecule has 0 bridgehead atoms. The number of benzene rings is 1. The number of ether oxygens (including phenoxy) is 1. The summed E-state index contributed by atoms with van der Waals surface area (Å²) in [5.41, 5.74) is 2.05. The molecule has 1 amide bonds. The maximum atomic E-state index is 12.2. The van der Waals surface area contributed by atoms with Gasteiger partial charge in [-0.15, -0.1) is 0 Å². The lowest BCUT2D eigenvalue weighted by atomic mass is 9.81. The normalized spacial score (nSPS) is 23.6. The van der Waals surface area contributed by atoms with E-state index in [9.17, 15) is 4.79 Å². The van der Waals surface area contributed by atoms with Crippen molar-refractivity contribution in [1.82, 2.24) is 5.32 Å². The van der Waals surface area contributed by atoms with Crippen LogP contribution in [0.1, 0.15) is 24.3 Å². The fourth-order valence-corrected chi connectivity index (χ4v) is 3.04. The van der Waals surface area contributed by atoms with Crippen LogP contribution in [0.2, 0.25) is 0 Å². The molecule has 2 N–H and O–H groups in total. The number of hydrogen-bond donors (Lipinski definition) is 2. The van der Waals surface area contributed by atoms with Crippen LogP contribution >= 0.6 is 0 Å². The zero-order valence-electron chi connectivity index (χ0n) is 10.5. The topological polar surface area (TPSA) is 50.4 Å². The van der Waals surface area contributed by atoms with Crippen LogP contribution in [0.3, 0.4) is 0 Å². The summed E-state index contributed by atoms with van der Waals surface area (Å²) in [6.07, 6.45) is 2.13. The highest BCUT2D eigenvalue weighted by Crippen LogP contribution is 2.41. The summed E-state index contributed by atoms with van der Waals surface area (Å²) in [5.74, 6) is 1.41. The lowest BCUT2D eigenvalue weighted by molar-refractivity contribution is -0.118. The summed E-state index contributed by atoms with van der Waals surface area (Å²) < 4.78 is 5.26. The third kappa shape index (κ3) is 1.86. The zero-order chi connectivity index (χ0) is 12.5. The third-order valence-electron chi connectivity index (χ3n) is 3.99. The molecule has 0 aromatic heterocycles. The average Bonchev–Trinajstić information content (AvgIpc) is 2.74. The molecule has 96 valence electrons. The van der Waals surface area contributed by atoms with Gasteiger partial charge in [-0.1, -0.05) is 0 Å². The number of fused-ring (bicyclic) bond motifs is 1. The van der Waals surface area contributed by atoms with Crippen LogP contribution in [0.5, 0.6) is 5.75 Å². The SMILES string of the molecule is COc1ccc2c(c1)C(C1CCNCC1)C(=O)N2. The minimum Gasteiger partial charge on any atom is -0.497 e. The third-order valence-corrected chi connectivity index (χ3v) is 3.99. The van der Waals surface area contributed by atoms with Gasteiger partial charge in [0.2, 0.25) is 5.91 Å². The van der Waals surface area contributed by atoms with Crippen molar-refractivity contribution in [2.45, 2.75) is 18.8 Å². The second kappa shape index (κ2) is 4.61. The number of methoxy groups -OCH3 is 1.